The molecule has 0 aliphatic carbocycles. The van der Waals surface area contributed by atoms with E-state index in [1.54, 1.807) is 6.08 Å². The lowest BCUT2D eigenvalue weighted by Crippen LogP contribution is -2.45. The summed E-state index contributed by atoms with van der Waals surface area (Å²) in [6.45, 7) is 4.58. The summed E-state index contributed by atoms with van der Waals surface area (Å²) in [5.74, 6) is -0.199. The molecular formula is C59H113N2O6P. The van der Waals surface area contributed by atoms with E-state index in [2.05, 4.69) is 55.6 Å². The summed E-state index contributed by atoms with van der Waals surface area (Å²) >= 11 is 0. The van der Waals surface area contributed by atoms with E-state index in [0.717, 1.165) is 51.4 Å². The van der Waals surface area contributed by atoms with Crippen LogP contribution in [0.4, 0.5) is 0 Å². The van der Waals surface area contributed by atoms with Crippen LogP contribution in [0.2, 0.25) is 0 Å². The summed E-state index contributed by atoms with van der Waals surface area (Å²) in [4.78, 5) is 25.3. The zero-order chi connectivity index (χ0) is 49.9. The van der Waals surface area contributed by atoms with Gasteiger partial charge in [-0.1, -0.05) is 255 Å². The Kier molecular flexibility index (Phi) is 49.3. The van der Waals surface area contributed by atoms with Crippen molar-refractivity contribution >= 4 is 13.7 Å². The number of hydrogen-bond acceptors (Lipinski definition) is 6. The van der Waals surface area contributed by atoms with Crippen LogP contribution in [0.5, 0.6) is 0 Å². The van der Waals surface area contributed by atoms with Gasteiger partial charge in [0, 0.05) is 6.42 Å². The normalized spacial score (nSPS) is 14.3. The second-order valence-electron chi connectivity index (χ2n) is 21.0. The lowest BCUT2D eigenvalue weighted by atomic mass is 10.0. The van der Waals surface area contributed by atoms with Crippen molar-refractivity contribution in [3.63, 3.8) is 0 Å². The molecule has 400 valence electrons. The van der Waals surface area contributed by atoms with Crippen molar-refractivity contribution in [2.45, 2.75) is 283 Å². The Morgan fingerprint density at radius 2 is 0.853 bits per heavy atom. The predicted octanol–water partition coefficient (Wildman–Crippen LogP) is 16.9. The molecule has 0 aliphatic heterocycles. The van der Waals surface area contributed by atoms with Crippen LogP contribution in [0.15, 0.2) is 48.6 Å². The van der Waals surface area contributed by atoms with Crippen molar-refractivity contribution in [3.8, 4) is 0 Å². The van der Waals surface area contributed by atoms with E-state index in [0.29, 0.717) is 17.4 Å². The van der Waals surface area contributed by atoms with Gasteiger partial charge in [0.2, 0.25) is 5.91 Å². The zero-order valence-electron chi connectivity index (χ0n) is 45.6. The molecule has 0 saturated carbocycles. The number of carbonyl (C=O) groups is 1. The molecule has 2 N–H and O–H groups in total. The number of quaternary nitrogens is 1. The van der Waals surface area contributed by atoms with E-state index >= 15 is 0 Å². The Labute approximate surface area is 422 Å². The molecule has 0 rings (SSSR count). The fourth-order valence-electron chi connectivity index (χ4n) is 8.46. The highest BCUT2D eigenvalue weighted by atomic mass is 31.2. The first-order valence-electron chi connectivity index (χ1n) is 29.0. The van der Waals surface area contributed by atoms with E-state index in [-0.39, 0.29) is 19.1 Å². The van der Waals surface area contributed by atoms with Crippen LogP contribution in [-0.2, 0) is 18.4 Å². The maximum absolute atomic E-state index is 12.8. The molecule has 3 atom stereocenters. The first-order valence-corrected chi connectivity index (χ1v) is 30.5. The number of likely N-dealkylation sites (N-methyl/N-ethyl adjacent to an activating group) is 1. The van der Waals surface area contributed by atoms with Crippen LogP contribution in [-0.4, -0.2) is 68.5 Å². The van der Waals surface area contributed by atoms with Gasteiger partial charge in [0.05, 0.1) is 39.9 Å². The summed E-state index contributed by atoms with van der Waals surface area (Å²) in [7, 11) is 1.26. The quantitative estimate of drug-likeness (QED) is 0.0272. The highest BCUT2D eigenvalue weighted by Crippen LogP contribution is 2.38. The van der Waals surface area contributed by atoms with E-state index in [9.17, 15) is 19.4 Å². The third kappa shape index (κ3) is 52.3. The Bertz CT molecular complexity index is 1250. The maximum atomic E-state index is 12.8. The monoisotopic (exact) mass is 977 g/mol. The Hall–Kier alpha value is -1.54. The number of carbonyl (C=O) groups excluding carboxylic acids is 1. The molecule has 0 bridgehead atoms. The number of unbranched alkanes of at least 4 members (excludes halogenated alkanes) is 34. The standard InChI is InChI=1S/C59H113N2O6P/c1-6-8-10-12-14-15-16-17-18-19-20-21-22-23-24-25-26-27-28-29-30-31-32-33-34-35-36-37-38-39-40-41-42-43-44-45-47-49-51-53-59(63)60-57(58(62)52-50-48-46-13-11-9-7-2)56-67-68(64,65)66-55-54-61(3,4)5/h16-17,19-20,22-23,50,52,57-58,62H,6-15,18,21,24-49,51,53-56H2,1-5H3,(H-,60,63,64,65)/b17-16-,20-19-,23-22-,52-50+. The average molecular weight is 978 g/mol. The number of hydrogen-bond donors (Lipinski definition) is 2. The van der Waals surface area contributed by atoms with Gasteiger partial charge in [-0.25, -0.2) is 0 Å². The Morgan fingerprint density at radius 3 is 1.24 bits per heavy atom. The molecular weight excluding hydrogens is 864 g/mol. The second kappa shape index (κ2) is 50.4. The molecule has 0 spiro atoms. The molecule has 0 aliphatic rings. The topological polar surface area (TPSA) is 108 Å². The van der Waals surface area contributed by atoms with Gasteiger partial charge in [-0.15, -0.1) is 0 Å². The largest absolute Gasteiger partial charge is 0.756 e. The number of aliphatic hydroxyl groups excluding tert-OH is 1. The number of nitrogens with one attached hydrogen (secondary N) is 1. The molecule has 0 aromatic carbocycles. The number of amides is 1. The number of nitrogens with zero attached hydrogens (tertiary/aromatic N) is 1. The number of phosphoric acid groups is 1. The summed E-state index contributed by atoms with van der Waals surface area (Å²) in [5, 5.41) is 13.7. The van der Waals surface area contributed by atoms with Crippen LogP contribution >= 0.6 is 7.82 Å². The van der Waals surface area contributed by atoms with Gasteiger partial charge in [0.1, 0.15) is 13.2 Å². The summed E-state index contributed by atoms with van der Waals surface area (Å²) < 4.78 is 23.1. The summed E-state index contributed by atoms with van der Waals surface area (Å²) in [6, 6.07) is -0.882. The molecule has 0 saturated heterocycles. The minimum absolute atomic E-state index is 0.000481. The van der Waals surface area contributed by atoms with Crippen molar-refractivity contribution in [2.24, 2.45) is 0 Å². The molecule has 0 radical (unpaired) electrons. The van der Waals surface area contributed by atoms with Gasteiger partial charge >= 0.3 is 0 Å². The molecule has 0 fully saturated rings. The minimum Gasteiger partial charge on any atom is -0.756 e. The van der Waals surface area contributed by atoms with Gasteiger partial charge in [-0.05, 0) is 57.8 Å². The lowest BCUT2D eigenvalue weighted by molar-refractivity contribution is -0.870. The van der Waals surface area contributed by atoms with Crippen LogP contribution in [0.1, 0.15) is 271 Å². The first-order chi connectivity index (χ1) is 33.0. The van der Waals surface area contributed by atoms with Crippen LogP contribution in [0.3, 0.4) is 0 Å². The van der Waals surface area contributed by atoms with E-state index < -0.39 is 20.0 Å². The number of allylic oxidation sites excluding steroid dienone is 7. The van der Waals surface area contributed by atoms with E-state index in [4.69, 9.17) is 9.05 Å². The molecule has 8 nitrogen and oxygen atoms in total. The van der Waals surface area contributed by atoms with Crippen molar-refractivity contribution in [1.29, 1.82) is 0 Å². The zero-order valence-corrected chi connectivity index (χ0v) is 46.5. The highest BCUT2D eigenvalue weighted by Gasteiger charge is 2.23. The molecule has 3 unspecified atom stereocenters. The molecule has 0 aromatic heterocycles. The Balaban J connectivity index is 3.75. The molecule has 68 heavy (non-hydrogen) atoms. The van der Waals surface area contributed by atoms with Crippen LogP contribution in [0, 0.1) is 0 Å². The number of aliphatic hydroxyl groups is 1. The molecule has 0 heterocycles. The lowest BCUT2D eigenvalue weighted by Gasteiger charge is -2.29. The van der Waals surface area contributed by atoms with Gasteiger partial charge in [-0.3, -0.25) is 9.36 Å². The first kappa shape index (κ1) is 66.5. The molecule has 9 heteroatoms. The average Bonchev–Trinajstić information content (AvgIpc) is 3.30. The minimum atomic E-state index is -4.58. The smallest absolute Gasteiger partial charge is 0.268 e. The summed E-state index contributed by atoms with van der Waals surface area (Å²) in [5.41, 5.74) is 0. The predicted molar refractivity (Wildman–Crippen MR) is 293 cm³/mol. The SMILES string of the molecule is CCCCCCC/C=C\C/C=C\C/C=C\CCCCCCCCCCCCCCCCCCCCCCCCCCC(=O)NC(COP(=O)([O-])OCC[N+](C)(C)C)C(O)/C=C/CCCCCCC. The molecule has 1 amide bonds. The van der Waals surface area contributed by atoms with Crippen molar-refractivity contribution in [2.75, 3.05) is 40.9 Å². The number of phosphoric ester groups is 1. The van der Waals surface area contributed by atoms with Crippen molar-refractivity contribution < 1.29 is 32.9 Å². The van der Waals surface area contributed by atoms with Crippen molar-refractivity contribution in [3.05, 3.63) is 48.6 Å². The number of rotatable bonds is 53. The fraction of sp³-hybridized carbons (Fsp3) is 0.847. The van der Waals surface area contributed by atoms with Crippen LogP contribution < -0.4 is 10.2 Å². The highest BCUT2D eigenvalue weighted by molar-refractivity contribution is 7.45. The van der Waals surface area contributed by atoms with E-state index in [1.807, 2.05) is 27.2 Å². The van der Waals surface area contributed by atoms with Gasteiger partial charge in [0.25, 0.3) is 7.82 Å². The fourth-order valence-corrected chi connectivity index (χ4v) is 9.18. The maximum Gasteiger partial charge on any atom is 0.268 e. The van der Waals surface area contributed by atoms with Crippen LogP contribution in [0.25, 0.3) is 0 Å². The van der Waals surface area contributed by atoms with E-state index in [1.165, 1.54) is 199 Å². The molecule has 0 aromatic rings. The third-order valence-corrected chi connectivity index (χ3v) is 14.0. The Morgan fingerprint density at radius 1 is 0.515 bits per heavy atom. The third-order valence-electron chi connectivity index (χ3n) is 13.0. The van der Waals surface area contributed by atoms with Gasteiger partial charge in [0.15, 0.2) is 0 Å². The second-order valence-corrected chi connectivity index (χ2v) is 22.4. The van der Waals surface area contributed by atoms with Crippen molar-refractivity contribution in [1.82, 2.24) is 5.32 Å². The van der Waals surface area contributed by atoms with Gasteiger partial charge < -0.3 is 28.8 Å². The van der Waals surface area contributed by atoms with Gasteiger partial charge in [-0.2, -0.15) is 0 Å². The summed E-state index contributed by atoms with van der Waals surface area (Å²) in [6.07, 6.45) is 66.8.